The third-order valence-electron chi connectivity index (χ3n) is 3.35. The van der Waals surface area contributed by atoms with Gasteiger partial charge in [-0.25, -0.2) is 0 Å². The predicted octanol–water partition coefficient (Wildman–Crippen LogP) is 3.52. The first kappa shape index (κ1) is 13.1. The number of amidine groups is 1. The first-order chi connectivity index (χ1) is 8.54. The molecule has 0 bridgehead atoms. The number of nitrogens with one attached hydrogen (secondary N) is 1. The minimum atomic E-state index is 0.0140. The number of amides is 1. The van der Waals surface area contributed by atoms with E-state index in [0.717, 1.165) is 23.2 Å². The van der Waals surface area contributed by atoms with E-state index in [4.69, 9.17) is 5.41 Å². The Labute approximate surface area is 112 Å². The Morgan fingerprint density at radius 1 is 1.50 bits per heavy atom. The van der Waals surface area contributed by atoms with Crippen LogP contribution in [0.15, 0.2) is 18.2 Å². The van der Waals surface area contributed by atoms with Gasteiger partial charge in [0.15, 0.2) is 5.17 Å². The number of hydrogen-bond donors (Lipinski definition) is 1. The van der Waals surface area contributed by atoms with Crippen LogP contribution in [0.5, 0.6) is 0 Å². The van der Waals surface area contributed by atoms with E-state index in [1.165, 1.54) is 11.8 Å². The molecular formula is C14H18N2OS. The standard InChI is InChI=1S/C14H18N2OS/c1-4-10(3)11-6-5-9(2)7-12(11)16-13(17)8-18-14(16)15/h5-7,10,15H,4,8H2,1-3H3. The molecule has 1 amide bonds. The van der Waals surface area contributed by atoms with Crippen molar-refractivity contribution in [3.05, 3.63) is 29.3 Å². The molecule has 96 valence electrons. The summed E-state index contributed by atoms with van der Waals surface area (Å²) in [7, 11) is 0. The van der Waals surface area contributed by atoms with Crippen LogP contribution in [0, 0.1) is 12.3 Å². The van der Waals surface area contributed by atoms with Gasteiger partial charge in [-0.3, -0.25) is 15.1 Å². The van der Waals surface area contributed by atoms with Gasteiger partial charge < -0.3 is 0 Å². The normalized spacial score (nSPS) is 17.4. The van der Waals surface area contributed by atoms with Gasteiger partial charge in [0.1, 0.15) is 0 Å². The second-order valence-corrected chi connectivity index (χ2v) is 5.66. The number of nitrogens with zero attached hydrogens (tertiary/aromatic N) is 1. The first-order valence-electron chi connectivity index (χ1n) is 6.19. The highest BCUT2D eigenvalue weighted by Gasteiger charge is 2.30. The number of aryl methyl sites for hydroxylation is 1. The van der Waals surface area contributed by atoms with Gasteiger partial charge in [0, 0.05) is 0 Å². The molecule has 18 heavy (non-hydrogen) atoms. The van der Waals surface area contributed by atoms with Crippen molar-refractivity contribution in [1.82, 2.24) is 0 Å². The molecule has 1 aliphatic heterocycles. The number of hydrogen-bond acceptors (Lipinski definition) is 3. The summed E-state index contributed by atoms with van der Waals surface area (Å²) >= 11 is 1.30. The van der Waals surface area contributed by atoms with Crippen LogP contribution >= 0.6 is 11.8 Å². The number of carbonyl (C=O) groups is 1. The first-order valence-corrected chi connectivity index (χ1v) is 7.18. The van der Waals surface area contributed by atoms with Crippen molar-refractivity contribution in [1.29, 1.82) is 5.41 Å². The molecule has 1 heterocycles. The zero-order valence-corrected chi connectivity index (χ0v) is 11.8. The molecule has 4 heteroatoms. The third-order valence-corrected chi connectivity index (χ3v) is 4.20. The Balaban J connectivity index is 2.51. The van der Waals surface area contributed by atoms with Crippen LogP contribution in [0.4, 0.5) is 5.69 Å². The van der Waals surface area contributed by atoms with Crippen LogP contribution in [0.1, 0.15) is 37.3 Å². The van der Waals surface area contributed by atoms with Crippen molar-refractivity contribution >= 4 is 28.5 Å². The van der Waals surface area contributed by atoms with Gasteiger partial charge in [0.2, 0.25) is 5.91 Å². The highest BCUT2D eigenvalue weighted by molar-refractivity contribution is 8.15. The lowest BCUT2D eigenvalue weighted by Gasteiger charge is -2.22. The Kier molecular flexibility index (Phi) is 3.76. The molecule has 3 nitrogen and oxygen atoms in total. The Bertz CT molecular complexity index is 483. The van der Waals surface area contributed by atoms with Crippen molar-refractivity contribution < 1.29 is 4.79 Å². The third kappa shape index (κ3) is 2.29. The van der Waals surface area contributed by atoms with E-state index in [9.17, 15) is 4.79 Å². The average molecular weight is 262 g/mol. The smallest absolute Gasteiger partial charge is 0.243 e. The summed E-state index contributed by atoms with van der Waals surface area (Å²) in [5, 5.41) is 8.25. The zero-order valence-electron chi connectivity index (χ0n) is 11.0. The van der Waals surface area contributed by atoms with Crippen molar-refractivity contribution in [3.8, 4) is 0 Å². The molecule has 1 atom stereocenters. The number of benzene rings is 1. The maximum absolute atomic E-state index is 11.9. The lowest BCUT2D eigenvalue weighted by Crippen LogP contribution is -2.29. The summed E-state index contributed by atoms with van der Waals surface area (Å²) in [6.07, 6.45) is 1.03. The second kappa shape index (κ2) is 5.14. The van der Waals surface area contributed by atoms with Crippen LogP contribution < -0.4 is 4.90 Å². The molecule has 1 unspecified atom stereocenters. The van der Waals surface area contributed by atoms with E-state index in [0.29, 0.717) is 16.8 Å². The molecule has 1 aromatic rings. The van der Waals surface area contributed by atoms with Gasteiger partial charge in [0.25, 0.3) is 0 Å². The fourth-order valence-electron chi connectivity index (χ4n) is 2.10. The summed E-state index contributed by atoms with van der Waals surface area (Å²) in [4.78, 5) is 13.5. The Morgan fingerprint density at radius 3 is 2.78 bits per heavy atom. The molecule has 1 N–H and O–H groups in total. The van der Waals surface area contributed by atoms with E-state index in [1.807, 2.05) is 13.0 Å². The van der Waals surface area contributed by atoms with E-state index >= 15 is 0 Å². The number of rotatable bonds is 3. The van der Waals surface area contributed by atoms with Gasteiger partial charge in [-0.2, -0.15) is 0 Å². The van der Waals surface area contributed by atoms with E-state index in [1.54, 1.807) is 4.90 Å². The maximum Gasteiger partial charge on any atom is 0.243 e. The lowest BCUT2D eigenvalue weighted by molar-refractivity contribution is -0.115. The number of thioether (sulfide) groups is 1. The fourth-order valence-corrected chi connectivity index (χ4v) is 2.82. The summed E-state index contributed by atoms with van der Waals surface area (Å²) in [5.41, 5.74) is 3.17. The van der Waals surface area contributed by atoms with Gasteiger partial charge in [-0.05, 0) is 36.5 Å². The topological polar surface area (TPSA) is 44.2 Å². The quantitative estimate of drug-likeness (QED) is 0.905. The minimum Gasteiger partial charge on any atom is -0.278 e. The molecule has 0 saturated carbocycles. The second-order valence-electron chi connectivity index (χ2n) is 4.69. The average Bonchev–Trinajstić information content (AvgIpc) is 2.68. The monoisotopic (exact) mass is 262 g/mol. The largest absolute Gasteiger partial charge is 0.278 e. The van der Waals surface area contributed by atoms with Gasteiger partial charge >= 0.3 is 0 Å². The van der Waals surface area contributed by atoms with Crippen LogP contribution in [0.3, 0.4) is 0 Å². The summed E-state index contributed by atoms with van der Waals surface area (Å²) in [5.74, 6) is 0.791. The molecule has 0 aromatic heterocycles. The number of anilines is 1. The van der Waals surface area contributed by atoms with Crippen LogP contribution in [0.25, 0.3) is 0 Å². The van der Waals surface area contributed by atoms with Crippen molar-refractivity contribution in [2.24, 2.45) is 0 Å². The van der Waals surface area contributed by atoms with Gasteiger partial charge in [0.05, 0.1) is 11.4 Å². The molecule has 1 aromatic carbocycles. The van der Waals surface area contributed by atoms with Gasteiger partial charge in [-0.1, -0.05) is 37.7 Å². The molecule has 1 fully saturated rings. The highest BCUT2D eigenvalue weighted by atomic mass is 32.2. The number of carbonyl (C=O) groups excluding carboxylic acids is 1. The van der Waals surface area contributed by atoms with Crippen molar-refractivity contribution in [2.75, 3.05) is 10.7 Å². The van der Waals surface area contributed by atoms with Crippen LogP contribution in [0.2, 0.25) is 0 Å². The van der Waals surface area contributed by atoms with Crippen molar-refractivity contribution in [2.45, 2.75) is 33.1 Å². The maximum atomic E-state index is 11.9. The molecule has 0 aliphatic carbocycles. The SMILES string of the molecule is CCC(C)c1ccc(C)cc1N1C(=N)SCC1=O. The van der Waals surface area contributed by atoms with E-state index in [-0.39, 0.29) is 5.91 Å². The molecule has 0 spiro atoms. The van der Waals surface area contributed by atoms with Crippen LogP contribution in [-0.4, -0.2) is 16.8 Å². The Morgan fingerprint density at radius 2 is 2.22 bits per heavy atom. The van der Waals surface area contributed by atoms with Crippen LogP contribution in [-0.2, 0) is 4.79 Å². The highest BCUT2D eigenvalue weighted by Crippen LogP contribution is 2.34. The van der Waals surface area contributed by atoms with Gasteiger partial charge in [-0.15, -0.1) is 0 Å². The molecule has 2 rings (SSSR count). The lowest BCUT2D eigenvalue weighted by atomic mass is 9.95. The predicted molar refractivity (Wildman–Crippen MR) is 77.6 cm³/mol. The summed E-state index contributed by atoms with van der Waals surface area (Å²) in [6.45, 7) is 6.31. The zero-order chi connectivity index (χ0) is 13.3. The van der Waals surface area contributed by atoms with E-state index in [2.05, 4.69) is 26.0 Å². The van der Waals surface area contributed by atoms with E-state index < -0.39 is 0 Å². The summed E-state index contributed by atoms with van der Waals surface area (Å²) in [6, 6.07) is 6.17. The Hall–Kier alpha value is -1.29. The molecule has 1 saturated heterocycles. The van der Waals surface area contributed by atoms with Crippen molar-refractivity contribution in [3.63, 3.8) is 0 Å². The molecule has 1 aliphatic rings. The molecular weight excluding hydrogens is 244 g/mol. The fraction of sp³-hybridized carbons (Fsp3) is 0.429. The minimum absolute atomic E-state index is 0.0140. The molecule has 0 radical (unpaired) electrons. The summed E-state index contributed by atoms with van der Waals surface area (Å²) < 4.78 is 0.